The number of sulfone groups is 1. The molecule has 1 fully saturated rings. The van der Waals surface area contributed by atoms with Crippen LogP contribution in [-0.4, -0.2) is 48.4 Å². The van der Waals surface area contributed by atoms with Crippen molar-refractivity contribution in [2.45, 2.75) is 18.2 Å². The van der Waals surface area contributed by atoms with Gasteiger partial charge in [-0.2, -0.15) is 0 Å². The Morgan fingerprint density at radius 1 is 1.29 bits per heavy atom. The number of hydrogen-bond acceptors (Lipinski definition) is 3. The van der Waals surface area contributed by atoms with Crippen LogP contribution in [0.4, 0.5) is 0 Å². The average Bonchev–Trinajstić information content (AvgIpc) is 3.05. The molecule has 1 aliphatic rings. The number of carbonyl (C=O) groups excluding carboxylic acids is 1. The number of hydrogen-bond donors (Lipinski definition) is 0. The van der Waals surface area contributed by atoms with Crippen molar-refractivity contribution in [2.24, 2.45) is 0 Å². The third-order valence-corrected chi connectivity index (χ3v) is 5.68. The maximum Gasteiger partial charge on any atom is 0.242 e. The summed E-state index contributed by atoms with van der Waals surface area (Å²) < 4.78 is 25.0. The van der Waals surface area contributed by atoms with E-state index in [1.165, 1.54) is 6.26 Å². The van der Waals surface area contributed by atoms with Crippen molar-refractivity contribution in [2.75, 3.05) is 19.3 Å². The molecule has 1 atom stereocenters. The van der Waals surface area contributed by atoms with Crippen molar-refractivity contribution in [3.63, 3.8) is 0 Å². The number of likely N-dealkylation sites (tertiary alicyclic amines) is 1. The van der Waals surface area contributed by atoms with E-state index in [1.54, 1.807) is 4.90 Å². The zero-order valence-corrected chi connectivity index (χ0v) is 12.7. The molecule has 3 rings (SSSR count). The molecule has 0 N–H and O–H groups in total. The smallest absolute Gasteiger partial charge is 0.242 e. The zero-order chi connectivity index (χ0) is 15.0. The van der Waals surface area contributed by atoms with Crippen LogP contribution in [0.2, 0.25) is 0 Å². The largest absolute Gasteiger partial charge is 0.340 e. The predicted molar refractivity (Wildman–Crippen MR) is 81.8 cm³/mol. The molecule has 1 unspecified atom stereocenters. The van der Waals surface area contributed by atoms with E-state index in [-0.39, 0.29) is 12.5 Å². The highest BCUT2D eigenvalue weighted by Crippen LogP contribution is 2.19. The minimum Gasteiger partial charge on any atom is -0.340 e. The van der Waals surface area contributed by atoms with Crippen LogP contribution in [0.25, 0.3) is 10.9 Å². The van der Waals surface area contributed by atoms with Crippen LogP contribution in [0.15, 0.2) is 36.5 Å². The van der Waals surface area contributed by atoms with Crippen LogP contribution in [0.5, 0.6) is 0 Å². The van der Waals surface area contributed by atoms with Crippen molar-refractivity contribution in [3.05, 3.63) is 36.5 Å². The van der Waals surface area contributed by atoms with Crippen LogP contribution in [0.1, 0.15) is 6.42 Å². The van der Waals surface area contributed by atoms with Gasteiger partial charge in [-0.05, 0) is 23.9 Å². The second-order valence-corrected chi connectivity index (χ2v) is 7.91. The first-order valence-electron chi connectivity index (χ1n) is 6.95. The highest BCUT2D eigenvalue weighted by molar-refractivity contribution is 7.91. The lowest BCUT2D eigenvalue weighted by Crippen LogP contribution is -2.33. The van der Waals surface area contributed by atoms with Crippen molar-refractivity contribution in [1.29, 1.82) is 0 Å². The molecule has 0 aliphatic carbocycles. The van der Waals surface area contributed by atoms with E-state index in [9.17, 15) is 13.2 Å². The minimum atomic E-state index is -3.07. The lowest BCUT2D eigenvalue weighted by atomic mass is 10.2. The lowest BCUT2D eigenvalue weighted by molar-refractivity contribution is -0.130. The zero-order valence-electron chi connectivity index (χ0n) is 11.9. The van der Waals surface area contributed by atoms with Crippen LogP contribution >= 0.6 is 0 Å². The van der Waals surface area contributed by atoms with Crippen LogP contribution in [0.3, 0.4) is 0 Å². The van der Waals surface area contributed by atoms with E-state index in [4.69, 9.17) is 0 Å². The van der Waals surface area contributed by atoms with Gasteiger partial charge in [-0.1, -0.05) is 18.2 Å². The molecule has 1 aromatic heterocycles. The predicted octanol–water partition coefficient (Wildman–Crippen LogP) is 1.29. The molecule has 1 amide bonds. The van der Waals surface area contributed by atoms with Gasteiger partial charge in [0.1, 0.15) is 6.54 Å². The van der Waals surface area contributed by atoms with Gasteiger partial charge in [-0.15, -0.1) is 0 Å². The van der Waals surface area contributed by atoms with Gasteiger partial charge in [0.15, 0.2) is 9.84 Å². The summed E-state index contributed by atoms with van der Waals surface area (Å²) in [6.07, 6.45) is 3.68. The van der Waals surface area contributed by atoms with Crippen LogP contribution in [-0.2, 0) is 21.2 Å². The highest BCUT2D eigenvalue weighted by atomic mass is 32.2. The molecule has 21 heavy (non-hydrogen) atoms. The van der Waals surface area contributed by atoms with Gasteiger partial charge in [0.05, 0.1) is 5.25 Å². The van der Waals surface area contributed by atoms with Crippen molar-refractivity contribution in [3.8, 4) is 0 Å². The molecule has 0 radical (unpaired) electrons. The van der Waals surface area contributed by atoms with Gasteiger partial charge in [0.2, 0.25) is 5.91 Å². The fourth-order valence-corrected chi connectivity index (χ4v) is 3.81. The summed E-state index contributed by atoms with van der Waals surface area (Å²) in [6, 6.07) is 9.87. The summed E-state index contributed by atoms with van der Waals surface area (Å²) in [4.78, 5) is 14.0. The van der Waals surface area contributed by atoms with E-state index >= 15 is 0 Å². The average molecular weight is 306 g/mol. The first-order chi connectivity index (χ1) is 9.95. The Morgan fingerprint density at radius 3 is 2.76 bits per heavy atom. The maximum atomic E-state index is 12.3. The molecule has 0 spiro atoms. The Labute approximate surface area is 124 Å². The molecule has 6 heteroatoms. The SMILES string of the molecule is CS(=O)(=O)C1CCN(C(=O)Cn2ccc3ccccc32)C1. The molecule has 2 aromatic rings. The van der Waals surface area contributed by atoms with Gasteiger partial charge in [0.25, 0.3) is 0 Å². The van der Waals surface area contributed by atoms with Crippen molar-refractivity contribution in [1.82, 2.24) is 9.47 Å². The molecular formula is C15H18N2O3S. The van der Waals surface area contributed by atoms with E-state index in [1.807, 2.05) is 41.1 Å². The fourth-order valence-electron chi connectivity index (χ4n) is 2.83. The Hall–Kier alpha value is -1.82. The van der Waals surface area contributed by atoms with Crippen LogP contribution in [0, 0.1) is 0 Å². The van der Waals surface area contributed by atoms with E-state index in [0.717, 1.165) is 10.9 Å². The monoisotopic (exact) mass is 306 g/mol. The van der Waals surface area contributed by atoms with Gasteiger partial charge in [0, 0.05) is 31.1 Å². The van der Waals surface area contributed by atoms with Gasteiger partial charge < -0.3 is 9.47 Å². The van der Waals surface area contributed by atoms with Crippen LogP contribution < -0.4 is 0 Å². The van der Waals surface area contributed by atoms with E-state index in [2.05, 4.69) is 0 Å². The second kappa shape index (κ2) is 5.18. The van der Waals surface area contributed by atoms with E-state index in [0.29, 0.717) is 19.5 Å². The first kappa shape index (κ1) is 14.1. The molecular weight excluding hydrogens is 288 g/mol. The number of carbonyl (C=O) groups is 1. The summed E-state index contributed by atoms with van der Waals surface area (Å²) in [6.45, 7) is 1.09. The molecule has 2 heterocycles. The van der Waals surface area contributed by atoms with E-state index < -0.39 is 15.1 Å². The Kier molecular flexibility index (Phi) is 3.49. The van der Waals surface area contributed by atoms with Gasteiger partial charge >= 0.3 is 0 Å². The third-order valence-electron chi connectivity index (χ3n) is 4.09. The third kappa shape index (κ3) is 2.81. The fraction of sp³-hybridized carbons (Fsp3) is 0.400. The summed E-state index contributed by atoms with van der Waals surface area (Å²) >= 11 is 0. The second-order valence-electron chi connectivity index (χ2n) is 5.58. The Balaban J connectivity index is 1.73. The molecule has 1 saturated heterocycles. The number of amides is 1. The highest BCUT2D eigenvalue weighted by Gasteiger charge is 2.32. The molecule has 1 aromatic carbocycles. The number of nitrogens with zero attached hydrogens (tertiary/aromatic N) is 2. The number of fused-ring (bicyclic) bond motifs is 1. The number of para-hydroxylation sites is 1. The quantitative estimate of drug-likeness (QED) is 0.858. The number of benzene rings is 1. The standard InChI is InChI=1S/C15H18N2O3S/c1-21(19,20)13-7-9-17(10-13)15(18)11-16-8-6-12-4-2-3-5-14(12)16/h2-6,8,13H,7,9-11H2,1H3. The normalized spacial score (nSPS) is 19.3. The first-order valence-corrected chi connectivity index (χ1v) is 8.91. The molecule has 0 bridgehead atoms. The van der Waals surface area contributed by atoms with Gasteiger partial charge in [-0.25, -0.2) is 8.42 Å². The molecule has 0 saturated carbocycles. The summed E-state index contributed by atoms with van der Waals surface area (Å²) in [7, 11) is -3.07. The number of aromatic nitrogens is 1. The molecule has 1 aliphatic heterocycles. The Bertz CT molecular complexity index is 779. The molecule has 112 valence electrons. The Morgan fingerprint density at radius 2 is 2.05 bits per heavy atom. The van der Waals surface area contributed by atoms with Gasteiger partial charge in [-0.3, -0.25) is 4.79 Å². The summed E-state index contributed by atoms with van der Waals surface area (Å²) in [5, 5.41) is 0.684. The minimum absolute atomic E-state index is 0.0255. The summed E-state index contributed by atoms with van der Waals surface area (Å²) in [5.74, 6) is -0.0255. The topological polar surface area (TPSA) is 59.4 Å². The lowest BCUT2D eigenvalue weighted by Gasteiger charge is -2.17. The summed E-state index contributed by atoms with van der Waals surface area (Å²) in [5.41, 5.74) is 1.02. The van der Waals surface area contributed by atoms with Crippen molar-refractivity contribution >= 4 is 26.6 Å². The molecule has 5 nitrogen and oxygen atoms in total. The maximum absolute atomic E-state index is 12.3. The number of rotatable bonds is 3. The van der Waals surface area contributed by atoms with Crippen molar-refractivity contribution < 1.29 is 13.2 Å².